The number of aryl methyl sites for hydroxylation is 4. The first kappa shape index (κ1) is 25.8. The Kier molecular flexibility index (Phi) is 11.6. The largest absolute Gasteiger partial charge is 0.483 e. The summed E-state index contributed by atoms with van der Waals surface area (Å²) in [4.78, 5) is 38.2. The summed E-state index contributed by atoms with van der Waals surface area (Å²) in [5, 5.41) is 18.1. The molecular weight excluding hydrogens is 404 g/mol. The molecule has 0 bridgehead atoms. The van der Waals surface area contributed by atoms with Crippen LogP contribution in [0.15, 0.2) is 18.5 Å². The summed E-state index contributed by atoms with van der Waals surface area (Å²) in [7, 11) is 1.84. The van der Waals surface area contributed by atoms with Crippen molar-refractivity contribution in [2.45, 2.75) is 33.2 Å². The van der Waals surface area contributed by atoms with Gasteiger partial charge in [0.05, 0.1) is 5.69 Å². The minimum absolute atomic E-state index is 0.0963. The smallest absolute Gasteiger partial charge is 0.290 e. The van der Waals surface area contributed by atoms with Crippen molar-refractivity contribution in [3.05, 3.63) is 35.7 Å². The summed E-state index contributed by atoms with van der Waals surface area (Å²) in [5.41, 5.74) is 1.57. The highest BCUT2D eigenvalue weighted by Gasteiger charge is 2.22. The fraction of sp³-hybridized carbons (Fsp3) is 0.550. The lowest BCUT2D eigenvalue weighted by Gasteiger charge is -2.22. The van der Waals surface area contributed by atoms with Gasteiger partial charge in [-0.05, 0) is 45.8 Å². The predicted octanol–water partition coefficient (Wildman–Crippen LogP) is 0.873. The van der Waals surface area contributed by atoms with Gasteiger partial charge in [0.2, 0.25) is 0 Å². The second-order valence-electron chi connectivity index (χ2n) is 7.01. The molecule has 0 unspecified atom stereocenters. The quantitative estimate of drug-likeness (QED) is 0.660. The Morgan fingerprint density at radius 2 is 1.77 bits per heavy atom. The van der Waals surface area contributed by atoms with E-state index in [-0.39, 0.29) is 18.9 Å². The first-order chi connectivity index (χ1) is 14.9. The lowest BCUT2D eigenvalue weighted by Crippen LogP contribution is -2.36. The van der Waals surface area contributed by atoms with Crippen LogP contribution in [0.5, 0.6) is 0 Å². The summed E-state index contributed by atoms with van der Waals surface area (Å²) in [6, 6.07) is 1.87. The molecule has 11 heteroatoms. The number of imidazole rings is 1. The summed E-state index contributed by atoms with van der Waals surface area (Å²) in [6.45, 7) is 9.11. The van der Waals surface area contributed by atoms with E-state index in [1.54, 1.807) is 4.68 Å². The van der Waals surface area contributed by atoms with E-state index in [0.29, 0.717) is 5.69 Å². The number of amides is 1. The molecule has 11 nitrogen and oxygen atoms in total. The molecule has 2 N–H and O–H groups in total. The molecule has 2 aromatic rings. The molecule has 1 saturated heterocycles. The Balaban J connectivity index is 0.000000720. The van der Waals surface area contributed by atoms with Gasteiger partial charge in [-0.15, -0.1) is 0 Å². The SMILES string of the molecule is Cc1cc(C(=O)N2CCCN(CCCn3ccnc3C)CC2)n(C)n1.O=CO.O=CO. The lowest BCUT2D eigenvalue weighted by molar-refractivity contribution is -0.123. The van der Waals surface area contributed by atoms with E-state index in [1.807, 2.05) is 44.3 Å². The highest BCUT2D eigenvalue weighted by atomic mass is 16.3. The molecule has 0 aliphatic carbocycles. The third kappa shape index (κ3) is 8.59. The van der Waals surface area contributed by atoms with Crippen LogP contribution in [0.3, 0.4) is 0 Å². The standard InChI is InChI=1S/C18H28N6O.2CH2O2/c1-15-14-17(21(3)20-15)18(25)24-10-5-8-22(12-13-24)7-4-9-23-11-6-19-16(23)2;2*2-1-3/h6,11,14H,4-5,7-10,12-13H2,1-3H3;2*1H,(H,2,3). The minimum Gasteiger partial charge on any atom is -0.483 e. The molecule has 0 atom stereocenters. The van der Waals surface area contributed by atoms with Crippen molar-refractivity contribution in [2.24, 2.45) is 7.05 Å². The number of nitrogens with zero attached hydrogens (tertiary/aromatic N) is 6. The van der Waals surface area contributed by atoms with E-state index in [9.17, 15) is 4.79 Å². The van der Waals surface area contributed by atoms with Gasteiger partial charge >= 0.3 is 0 Å². The van der Waals surface area contributed by atoms with Crippen LogP contribution in [0.2, 0.25) is 0 Å². The molecule has 1 amide bonds. The van der Waals surface area contributed by atoms with Crippen LogP contribution in [0, 0.1) is 13.8 Å². The number of hydrogen-bond acceptors (Lipinski definition) is 6. The Bertz CT molecular complexity index is 813. The zero-order chi connectivity index (χ0) is 23.2. The molecule has 1 fully saturated rings. The topological polar surface area (TPSA) is 134 Å². The van der Waals surface area contributed by atoms with E-state index in [2.05, 4.69) is 19.5 Å². The molecule has 172 valence electrons. The van der Waals surface area contributed by atoms with Gasteiger partial charge in [0, 0.05) is 45.6 Å². The van der Waals surface area contributed by atoms with Gasteiger partial charge in [-0.3, -0.25) is 19.1 Å². The molecule has 0 aromatic carbocycles. The second-order valence-corrected chi connectivity index (χ2v) is 7.01. The maximum Gasteiger partial charge on any atom is 0.290 e. The summed E-state index contributed by atoms with van der Waals surface area (Å²) in [5.74, 6) is 1.16. The summed E-state index contributed by atoms with van der Waals surface area (Å²) < 4.78 is 3.88. The Labute approximate surface area is 181 Å². The van der Waals surface area contributed by atoms with Gasteiger partial charge in [-0.1, -0.05) is 0 Å². The third-order valence-electron chi connectivity index (χ3n) is 4.89. The molecule has 31 heavy (non-hydrogen) atoms. The van der Waals surface area contributed by atoms with E-state index in [1.165, 1.54) is 0 Å². The first-order valence-corrected chi connectivity index (χ1v) is 10.0. The van der Waals surface area contributed by atoms with Crippen LogP contribution in [0.25, 0.3) is 0 Å². The highest BCUT2D eigenvalue weighted by Crippen LogP contribution is 2.11. The maximum atomic E-state index is 12.7. The average Bonchev–Trinajstić information content (AvgIpc) is 3.18. The second kappa shape index (κ2) is 13.9. The van der Waals surface area contributed by atoms with Crippen LogP contribution in [0.4, 0.5) is 0 Å². The molecule has 1 aliphatic heterocycles. The molecule has 0 saturated carbocycles. The number of carbonyl (C=O) groups is 3. The fourth-order valence-corrected chi connectivity index (χ4v) is 3.48. The van der Waals surface area contributed by atoms with Crippen LogP contribution in [0.1, 0.15) is 34.8 Å². The number of hydrogen-bond donors (Lipinski definition) is 2. The van der Waals surface area contributed by atoms with Crippen molar-refractivity contribution in [1.82, 2.24) is 29.1 Å². The van der Waals surface area contributed by atoms with Crippen LogP contribution < -0.4 is 0 Å². The minimum atomic E-state index is -0.250. The molecule has 3 heterocycles. The van der Waals surface area contributed by atoms with Crippen molar-refractivity contribution < 1.29 is 24.6 Å². The monoisotopic (exact) mass is 436 g/mol. The zero-order valence-corrected chi connectivity index (χ0v) is 18.3. The van der Waals surface area contributed by atoms with E-state index < -0.39 is 0 Å². The van der Waals surface area contributed by atoms with Gasteiger partial charge < -0.3 is 24.6 Å². The number of carboxylic acid groups (broad SMARTS) is 2. The summed E-state index contributed by atoms with van der Waals surface area (Å²) >= 11 is 0. The molecule has 3 rings (SSSR count). The van der Waals surface area contributed by atoms with Crippen molar-refractivity contribution in [3.63, 3.8) is 0 Å². The van der Waals surface area contributed by atoms with Crippen LogP contribution >= 0.6 is 0 Å². The van der Waals surface area contributed by atoms with Crippen molar-refractivity contribution in [2.75, 3.05) is 32.7 Å². The van der Waals surface area contributed by atoms with E-state index in [4.69, 9.17) is 19.8 Å². The number of aromatic nitrogens is 4. The fourth-order valence-electron chi connectivity index (χ4n) is 3.48. The molecular formula is C20H32N6O5. The normalized spacial score (nSPS) is 13.8. The van der Waals surface area contributed by atoms with Crippen LogP contribution in [-0.2, 0) is 23.2 Å². The van der Waals surface area contributed by atoms with Gasteiger partial charge in [-0.25, -0.2) is 4.98 Å². The Morgan fingerprint density at radius 3 is 2.32 bits per heavy atom. The van der Waals surface area contributed by atoms with Gasteiger partial charge in [0.15, 0.2) is 0 Å². The molecule has 0 spiro atoms. The third-order valence-corrected chi connectivity index (χ3v) is 4.89. The lowest BCUT2D eigenvalue weighted by atomic mass is 10.3. The van der Waals surface area contributed by atoms with E-state index >= 15 is 0 Å². The van der Waals surface area contributed by atoms with Crippen LogP contribution in [-0.4, -0.2) is 90.9 Å². The maximum absolute atomic E-state index is 12.7. The van der Waals surface area contributed by atoms with Crippen molar-refractivity contribution in [3.8, 4) is 0 Å². The highest BCUT2D eigenvalue weighted by molar-refractivity contribution is 5.92. The van der Waals surface area contributed by atoms with Gasteiger partial charge in [-0.2, -0.15) is 5.10 Å². The van der Waals surface area contributed by atoms with Gasteiger partial charge in [0.1, 0.15) is 11.5 Å². The van der Waals surface area contributed by atoms with Gasteiger partial charge in [0.25, 0.3) is 18.9 Å². The first-order valence-electron chi connectivity index (χ1n) is 10.0. The summed E-state index contributed by atoms with van der Waals surface area (Å²) in [6.07, 6.45) is 6.01. The number of rotatable bonds is 5. The van der Waals surface area contributed by atoms with Crippen molar-refractivity contribution >= 4 is 18.9 Å². The molecule has 0 radical (unpaired) electrons. The van der Waals surface area contributed by atoms with Crippen molar-refractivity contribution in [1.29, 1.82) is 0 Å². The zero-order valence-electron chi connectivity index (χ0n) is 18.3. The molecule has 1 aliphatic rings. The Hall–Kier alpha value is -3.21. The Morgan fingerprint density at radius 1 is 1.10 bits per heavy atom. The predicted molar refractivity (Wildman–Crippen MR) is 114 cm³/mol. The average molecular weight is 437 g/mol. The van der Waals surface area contributed by atoms with E-state index in [0.717, 1.165) is 63.6 Å². The molecule has 2 aromatic heterocycles. The number of carbonyl (C=O) groups excluding carboxylic acids is 1.